The van der Waals surface area contributed by atoms with Gasteiger partial charge in [-0.25, -0.2) is 4.79 Å². The molecule has 2 heterocycles. The van der Waals surface area contributed by atoms with Gasteiger partial charge in [-0.3, -0.25) is 4.98 Å². The van der Waals surface area contributed by atoms with E-state index in [1.807, 2.05) is 6.92 Å². The van der Waals surface area contributed by atoms with Gasteiger partial charge in [0.05, 0.1) is 11.7 Å². The second-order valence-electron chi connectivity index (χ2n) is 4.44. The zero-order valence-electron chi connectivity index (χ0n) is 11.1. The van der Waals surface area contributed by atoms with Gasteiger partial charge in [0.1, 0.15) is 5.75 Å². The van der Waals surface area contributed by atoms with Crippen molar-refractivity contribution in [1.29, 1.82) is 0 Å². The van der Waals surface area contributed by atoms with E-state index in [2.05, 4.69) is 15.2 Å². The van der Waals surface area contributed by atoms with E-state index in [-0.39, 0.29) is 11.4 Å². The Morgan fingerprint density at radius 3 is 2.67 bits per heavy atom. The number of aryl methyl sites for hydroxylation is 1. The quantitative estimate of drug-likeness (QED) is 0.794. The smallest absolute Gasteiger partial charge is 0.360 e. The van der Waals surface area contributed by atoms with Crippen LogP contribution in [0.3, 0.4) is 0 Å². The minimum atomic E-state index is -1.19. The number of fused-ring (bicyclic) bond motifs is 1. The van der Waals surface area contributed by atoms with E-state index in [9.17, 15) is 9.90 Å². The SMILES string of the molecule is Cc1ccc(Oc2c(C(=O)O)nnc3ccccc23)cn1. The zero-order chi connectivity index (χ0) is 14.8. The van der Waals surface area contributed by atoms with Gasteiger partial charge >= 0.3 is 5.97 Å². The first-order valence-electron chi connectivity index (χ1n) is 6.24. The highest BCUT2D eigenvalue weighted by molar-refractivity contribution is 5.96. The number of hydrogen-bond acceptors (Lipinski definition) is 5. The van der Waals surface area contributed by atoms with Crippen LogP contribution in [0.4, 0.5) is 0 Å². The summed E-state index contributed by atoms with van der Waals surface area (Å²) in [7, 11) is 0. The molecule has 6 heteroatoms. The summed E-state index contributed by atoms with van der Waals surface area (Å²) in [6.45, 7) is 1.86. The fourth-order valence-corrected chi connectivity index (χ4v) is 1.91. The number of pyridine rings is 1. The van der Waals surface area contributed by atoms with Crippen LogP contribution in [0, 0.1) is 6.92 Å². The van der Waals surface area contributed by atoms with Crippen LogP contribution in [-0.4, -0.2) is 26.3 Å². The number of carboxylic acids is 1. The molecule has 0 aliphatic carbocycles. The van der Waals surface area contributed by atoms with Crippen molar-refractivity contribution >= 4 is 16.9 Å². The van der Waals surface area contributed by atoms with Crippen LogP contribution in [0.5, 0.6) is 11.5 Å². The Balaban J connectivity index is 2.16. The molecule has 0 spiro atoms. The maximum absolute atomic E-state index is 11.3. The Hall–Kier alpha value is -3.02. The topological polar surface area (TPSA) is 85.2 Å². The Bertz CT molecular complexity index is 816. The average Bonchev–Trinajstić information content (AvgIpc) is 2.49. The summed E-state index contributed by atoms with van der Waals surface area (Å²) in [4.78, 5) is 15.4. The van der Waals surface area contributed by atoms with Crippen LogP contribution < -0.4 is 4.74 Å². The third kappa shape index (κ3) is 2.51. The van der Waals surface area contributed by atoms with Gasteiger partial charge in [-0.1, -0.05) is 12.1 Å². The average molecular weight is 281 g/mol. The molecule has 104 valence electrons. The molecule has 0 saturated carbocycles. The Morgan fingerprint density at radius 2 is 1.95 bits per heavy atom. The van der Waals surface area contributed by atoms with E-state index in [1.54, 1.807) is 36.4 Å². The number of benzene rings is 1. The predicted molar refractivity (Wildman–Crippen MR) is 75.5 cm³/mol. The van der Waals surface area contributed by atoms with E-state index in [1.165, 1.54) is 6.20 Å². The lowest BCUT2D eigenvalue weighted by atomic mass is 10.2. The number of aromatic nitrogens is 3. The van der Waals surface area contributed by atoms with Crippen LogP contribution in [0.1, 0.15) is 16.2 Å². The summed E-state index contributed by atoms with van der Waals surface area (Å²) in [5, 5.41) is 17.5. The summed E-state index contributed by atoms with van der Waals surface area (Å²) in [6, 6.07) is 10.6. The van der Waals surface area contributed by atoms with Crippen molar-refractivity contribution in [2.75, 3.05) is 0 Å². The van der Waals surface area contributed by atoms with E-state index in [0.717, 1.165) is 5.69 Å². The number of rotatable bonds is 3. The first kappa shape index (κ1) is 13.0. The summed E-state index contributed by atoms with van der Waals surface area (Å²) < 4.78 is 5.69. The van der Waals surface area contributed by atoms with Crippen molar-refractivity contribution in [1.82, 2.24) is 15.2 Å². The molecule has 0 fully saturated rings. The highest BCUT2D eigenvalue weighted by atomic mass is 16.5. The fourth-order valence-electron chi connectivity index (χ4n) is 1.91. The minimum Gasteiger partial charge on any atom is -0.476 e. The van der Waals surface area contributed by atoms with Crippen molar-refractivity contribution < 1.29 is 14.6 Å². The molecule has 3 aromatic rings. The van der Waals surface area contributed by atoms with Gasteiger partial charge in [-0.05, 0) is 31.2 Å². The second-order valence-corrected chi connectivity index (χ2v) is 4.44. The highest BCUT2D eigenvalue weighted by Gasteiger charge is 2.18. The Kier molecular flexibility index (Phi) is 3.19. The molecule has 1 N–H and O–H groups in total. The minimum absolute atomic E-state index is 0.166. The van der Waals surface area contributed by atoms with Crippen molar-refractivity contribution in [3.63, 3.8) is 0 Å². The molecular weight excluding hydrogens is 270 g/mol. The normalized spacial score (nSPS) is 10.5. The monoisotopic (exact) mass is 281 g/mol. The van der Waals surface area contributed by atoms with Gasteiger partial charge < -0.3 is 9.84 Å². The third-order valence-corrected chi connectivity index (χ3v) is 2.93. The summed E-state index contributed by atoms with van der Waals surface area (Å²) in [5.41, 5.74) is 1.19. The van der Waals surface area contributed by atoms with Crippen molar-refractivity contribution in [2.24, 2.45) is 0 Å². The molecule has 21 heavy (non-hydrogen) atoms. The van der Waals surface area contributed by atoms with Gasteiger partial charge in [-0.2, -0.15) is 0 Å². The van der Waals surface area contributed by atoms with Gasteiger partial charge in [-0.15, -0.1) is 10.2 Å². The molecule has 0 radical (unpaired) electrons. The second kappa shape index (κ2) is 5.16. The highest BCUT2D eigenvalue weighted by Crippen LogP contribution is 2.31. The number of carboxylic acid groups (broad SMARTS) is 1. The summed E-state index contributed by atoms with van der Waals surface area (Å²) in [5.74, 6) is -0.580. The van der Waals surface area contributed by atoms with E-state index in [0.29, 0.717) is 16.7 Å². The molecule has 0 bridgehead atoms. The lowest BCUT2D eigenvalue weighted by Gasteiger charge is -2.10. The molecule has 0 atom stereocenters. The number of nitrogens with zero attached hydrogens (tertiary/aromatic N) is 3. The van der Waals surface area contributed by atoms with Gasteiger partial charge in [0.25, 0.3) is 0 Å². The molecule has 0 amide bonds. The molecule has 0 saturated heterocycles. The largest absolute Gasteiger partial charge is 0.476 e. The first-order valence-corrected chi connectivity index (χ1v) is 6.24. The fraction of sp³-hybridized carbons (Fsp3) is 0.0667. The van der Waals surface area contributed by atoms with Crippen molar-refractivity contribution in [2.45, 2.75) is 6.92 Å². The van der Waals surface area contributed by atoms with Crippen LogP contribution >= 0.6 is 0 Å². The molecule has 6 nitrogen and oxygen atoms in total. The van der Waals surface area contributed by atoms with Crippen molar-refractivity contribution in [3.8, 4) is 11.5 Å². The summed E-state index contributed by atoms with van der Waals surface area (Å²) >= 11 is 0. The Labute approximate surface area is 120 Å². The van der Waals surface area contributed by atoms with E-state index < -0.39 is 5.97 Å². The Morgan fingerprint density at radius 1 is 1.14 bits per heavy atom. The van der Waals surface area contributed by atoms with Gasteiger partial charge in [0, 0.05) is 11.1 Å². The number of hydrogen-bond donors (Lipinski definition) is 1. The predicted octanol–water partition coefficient (Wildman–Crippen LogP) is 2.82. The third-order valence-electron chi connectivity index (χ3n) is 2.93. The number of aromatic carboxylic acids is 1. The van der Waals surface area contributed by atoms with Crippen LogP contribution in [0.15, 0.2) is 42.6 Å². The lowest BCUT2D eigenvalue weighted by Crippen LogP contribution is -2.06. The maximum atomic E-state index is 11.3. The molecule has 0 aliphatic heterocycles. The van der Waals surface area contributed by atoms with Gasteiger partial charge in [0.2, 0.25) is 5.69 Å². The van der Waals surface area contributed by atoms with E-state index in [4.69, 9.17) is 4.74 Å². The molecular formula is C15H11N3O3. The molecule has 0 aliphatic rings. The van der Waals surface area contributed by atoms with E-state index >= 15 is 0 Å². The van der Waals surface area contributed by atoms with Crippen molar-refractivity contribution in [3.05, 3.63) is 54.0 Å². The first-order chi connectivity index (χ1) is 10.1. The van der Waals surface area contributed by atoms with Crippen LogP contribution in [0.25, 0.3) is 10.9 Å². The van der Waals surface area contributed by atoms with Crippen LogP contribution in [-0.2, 0) is 0 Å². The zero-order valence-corrected chi connectivity index (χ0v) is 11.1. The standard InChI is InChI=1S/C15H11N3O3/c1-9-6-7-10(8-16-9)21-14-11-4-2-3-5-12(11)17-18-13(14)15(19)20/h2-8H,1H3,(H,19,20). The maximum Gasteiger partial charge on any atom is 0.360 e. The van der Waals surface area contributed by atoms with Gasteiger partial charge in [0.15, 0.2) is 5.75 Å². The molecule has 1 aromatic carbocycles. The molecule has 3 rings (SSSR count). The summed E-state index contributed by atoms with van der Waals surface area (Å²) in [6.07, 6.45) is 1.54. The molecule has 2 aromatic heterocycles. The molecule has 0 unspecified atom stereocenters. The number of carbonyl (C=O) groups is 1. The van der Waals surface area contributed by atoms with Crippen LogP contribution in [0.2, 0.25) is 0 Å². The number of ether oxygens (including phenoxy) is 1. The lowest BCUT2D eigenvalue weighted by molar-refractivity contribution is 0.0686.